The number of carbonyl (C=O) groups is 1. The molecule has 0 aliphatic rings. The minimum Gasteiger partial charge on any atom is -0.768 e. The van der Waals surface area contributed by atoms with Crippen molar-refractivity contribution in [2.24, 2.45) is 5.73 Å². The lowest BCUT2D eigenvalue weighted by molar-refractivity contribution is 0.100. The van der Waals surface area contributed by atoms with Crippen molar-refractivity contribution in [2.75, 3.05) is 5.73 Å². The monoisotopic (exact) mass is 199 g/mol. The quantitative estimate of drug-likeness (QED) is 0.499. The van der Waals surface area contributed by atoms with Gasteiger partial charge in [-0.15, -0.1) is 0 Å². The molecular formula is C7H7N2O3S-. The maximum Gasteiger partial charge on any atom is 0.250 e. The second-order valence-corrected chi connectivity index (χ2v) is 3.29. The van der Waals surface area contributed by atoms with Gasteiger partial charge in [0.25, 0.3) is 5.91 Å². The van der Waals surface area contributed by atoms with Gasteiger partial charge in [-0.3, -0.25) is 9.00 Å². The number of nitrogen functional groups attached to an aromatic ring is 1. The molecule has 4 N–H and O–H groups in total. The van der Waals surface area contributed by atoms with E-state index in [4.69, 9.17) is 11.5 Å². The number of anilines is 1. The molecule has 0 bridgehead atoms. The highest BCUT2D eigenvalue weighted by molar-refractivity contribution is 7.79. The first-order chi connectivity index (χ1) is 6.02. The first kappa shape index (κ1) is 9.69. The van der Waals surface area contributed by atoms with Gasteiger partial charge >= 0.3 is 0 Å². The number of hydrogen-bond donors (Lipinski definition) is 2. The summed E-state index contributed by atoms with van der Waals surface area (Å²) in [4.78, 5) is 10.7. The summed E-state index contributed by atoms with van der Waals surface area (Å²) in [7, 11) is 0. The van der Waals surface area contributed by atoms with Crippen LogP contribution in [0.3, 0.4) is 0 Å². The van der Waals surface area contributed by atoms with Crippen molar-refractivity contribution in [3.8, 4) is 0 Å². The molecule has 0 aliphatic carbocycles. The lowest BCUT2D eigenvalue weighted by Crippen LogP contribution is -2.13. The van der Waals surface area contributed by atoms with E-state index in [0.29, 0.717) is 0 Å². The maximum absolute atomic E-state index is 10.7. The molecule has 0 spiro atoms. The van der Waals surface area contributed by atoms with Gasteiger partial charge in [0.15, 0.2) is 0 Å². The van der Waals surface area contributed by atoms with Crippen molar-refractivity contribution in [1.82, 2.24) is 0 Å². The fraction of sp³-hybridized carbons (Fsp3) is 0. The number of carbonyl (C=O) groups excluding carboxylic acids is 1. The van der Waals surface area contributed by atoms with Crippen molar-refractivity contribution in [1.29, 1.82) is 0 Å². The van der Waals surface area contributed by atoms with Crippen LogP contribution < -0.4 is 11.5 Å². The number of primary amides is 1. The van der Waals surface area contributed by atoms with Gasteiger partial charge in [-0.1, -0.05) is 0 Å². The number of nitrogens with two attached hydrogens (primary N) is 2. The van der Waals surface area contributed by atoms with Gasteiger partial charge in [0, 0.05) is 10.6 Å². The molecule has 0 aromatic heterocycles. The second kappa shape index (κ2) is 3.55. The number of benzene rings is 1. The molecule has 1 rings (SSSR count). The molecular weight excluding hydrogens is 192 g/mol. The molecule has 70 valence electrons. The van der Waals surface area contributed by atoms with Crippen molar-refractivity contribution in [3.05, 3.63) is 23.8 Å². The molecule has 0 fully saturated rings. The molecule has 1 unspecified atom stereocenters. The van der Waals surface area contributed by atoms with E-state index in [1.165, 1.54) is 12.1 Å². The van der Waals surface area contributed by atoms with Gasteiger partial charge in [-0.25, -0.2) is 0 Å². The van der Waals surface area contributed by atoms with E-state index in [0.717, 1.165) is 6.07 Å². The van der Waals surface area contributed by atoms with Gasteiger partial charge < -0.3 is 16.0 Å². The van der Waals surface area contributed by atoms with E-state index in [-0.39, 0.29) is 16.1 Å². The number of amides is 1. The zero-order valence-corrected chi connectivity index (χ0v) is 7.34. The van der Waals surface area contributed by atoms with Crippen LogP contribution in [0.1, 0.15) is 10.4 Å². The molecule has 1 atom stereocenters. The Morgan fingerprint density at radius 3 is 2.54 bits per heavy atom. The standard InChI is InChI=1S/C7H8N2O3S/c8-6-2-1-4(13(11)12)3-5(6)7(9)10/h1-3H,8H2,(H2,9,10)(H,11,12)/p-1. The van der Waals surface area contributed by atoms with Crippen LogP contribution in [-0.2, 0) is 11.1 Å². The molecule has 0 radical (unpaired) electrons. The highest BCUT2D eigenvalue weighted by Gasteiger charge is 2.06. The van der Waals surface area contributed by atoms with Crippen LogP contribution in [0.2, 0.25) is 0 Å². The van der Waals surface area contributed by atoms with Gasteiger partial charge in [-0.2, -0.15) is 0 Å². The average Bonchev–Trinajstić information content (AvgIpc) is 2.04. The zero-order chi connectivity index (χ0) is 10.0. The van der Waals surface area contributed by atoms with Crippen LogP contribution in [0.5, 0.6) is 0 Å². The van der Waals surface area contributed by atoms with E-state index in [9.17, 15) is 13.6 Å². The Bertz CT molecular complexity index is 378. The Balaban J connectivity index is 3.27. The molecule has 6 heteroatoms. The third kappa shape index (κ3) is 2.04. The zero-order valence-electron chi connectivity index (χ0n) is 6.52. The van der Waals surface area contributed by atoms with E-state index in [1.54, 1.807) is 0 Å². The highest BCUT2D eigenvalue weighted by Crippen LogP contribution is 2.15. The Labute approximate surface area is 77.0 Å². The molecule has 0 aliphatic heterocycles. The van der Waals surface area contributed by atoms with Crippen molar-refractivity contribution in [3.63, 3.8) is 0 Å². The minimum absolute atomic E-state index is 0.0111. The fourth-order valence-corrected chi connectivity index (χ4v) is 1.25. The smallest absolute Gasteiger partial charge is 0.250 e. The van der Waals surface area contributed by atoms with Crippen LogP contribution in [-0.4, -0.2) is 14.7 Å². The molecule has 0 saturated heterocycles. The van der Waals surface area contributed by atoms with Crippen molar-refractivity contribution < 1.29 is 13.6 Å². The lowest BCUT2D eigenvalue weighted by Gasteiger charge is -2.07. The molecule has 1 aromatic carbocycles. The Kier molecular flexibility index (Phi) is 2.64. The van der Waals surface area contributed by atoms with E-state index >= 15 is 0 Å². The summed E-state index contributed by atoms with van der Waals surface area (Å²) in [6.07, 6.45) is 0. The predicted molar refractivity (Wildman–Crippen MR) is 46.6 cm³/mol. The van der Waals surface area contributed by atoms with Crippen LogP contribution in [0.4, 0.5) is 5.69 Å². The van der Waals surface area contributed by atoms with Crippen LogP contribution >= 0.6 is 0 Å². The second-order valence-electron chi connectivity index (χ2n) is 2.35. The fourth-order valence-electron chi connectivity index (χ4n) is 0.852. The van der Waals surface area contributed by atoms with Gasteiger partial charge in [0.05, 0.1) is 5.56 Å². The minimum atomic E-state index is -2.38. The summed E-state index contributed by atoms with van der Waals surface area (Å²) < 4.78 is 21.0. The maximum atomic E-state index is 10.7. The SMILES string of the molecule is NC(=O)c1cc(S(=O)[O-])ccc1N. The molecule has 0 saturated carbocycles. The van der Waals surface area contributed by atoms with Crippen molar-refractivity contribution in [2.45, 2.75) is 4.90 Å². The van der Waals surface area contributed by atoms with Crippen molar-refractivity contribution >= 4 is 22.7 Å². The van der Waals surface area contributed by atoms with Gasteiger partial charge in [0.2, 0.25) is 0 Å². The molecule has 13 heavy (non-hydrogen) atoms. The van der Waals surface area contributed by atoms with Crippen LogP contribution in [0.15, 0.2) is 23.1 Å². The molecule has 0 heterocycles. The summed E-state index contributed by atoms with van der Waals surface area (Å²) in [6, 6.07) is 3.76. The van der Waals surface area contributed by atoms with Crippen LogP contribution in [0, 0.1) is 0 Å². The Hall–Kier alpha value is -1.40. The van der Waals surface area contributed by atoms with E-state index in [1.807, 2.05) is 0 Å². The first-order valence-electron chi connectivity index (χ1n) is 3.31. The van der Waals surface area contributed by atoms with Crippen LogP contribution in [0.25, 0.3) is 0 Å². The normalized spacial score (nSPS) is 12.4. The third-order valence-corrected chi connectivity index (χ3v) is 2.12. The summed E-state index contributed by atoms with van der Waals surface area (Å²) in [6.45, 7) is 0. The molecule has 5 nitrogen and oxygen atoms in total. The first-order valence-corrected chi connectivity index (χ1v) is 4.38. The average molecular weight is 199 g/mol. The molecule has 1 amide bonds. The van der Waals surface area contributed by atoms with E-state index in [2.05, 4.69) is 0 Å². The number of hydrogen-bond acceptors (Lipinski definition) is 4. The highest BCUT2D eigenvalue weighted by atomic mass is 32.2. The summed E-state index contributed by atoms with van der Waals surface area (Å²) >= 11 is -2.38. The summed E-state index contributed by atoms with van der Waals surface area (Å²) in [5, 5.41) is 0. The van der Waals surface area contributed by atoms with E-state index < -0.39 is 17.0 Å². The van der Waals surface area contributed by atoms with Gasteiger partial charge in [0.1, 0.15) is 0 Å². The lowest BCUT2D eigenvalue weighted by atomic mass is 10.2. The predicted octanol–water partition coefficient (Wildman–Crippen LogP) is -0.394. The topological polar surface area (TPSA) is 109 Å². The summed E-state index contributed by atoms with van der Waals surface area (Å²) in [5.41, 5.74) is 10.5. The largest absolute Gasteiger partial charge is 0.768 e. The third-order valence-electron chi connectivity index (χ3n) is 1.48. The molecule has 1 aromatic rings. The van der Waals surface area contributed by atoms with Gasteiger partial charge in [-0.05, 0) is 29.3 Å². The Morgan fingerprint density at radius 1 is 1.46 bits per heavy atom. The summed E-state index contributed by atoms with van der Waals surface area (Å²) in [5.74, 6) is -0.746. The Morgan fingerprint density at radius 2 is 2.08 bits per heavy atom. The number of rotatable bonds is 2.